The van der Waals surface area contributed by atoms with E-state index in [9.17, 15) is 9.59 Å². The van der Waals surface area contributed by atoms with E-state index in [0.29, 0.717) is 24.4 Å². The molecule has 132 valence electrons. The number of anilines is 1. The van der Waals surface area contributed by atoms with Crippen LogP contribution in [0.3, 0.4) is 0 Å². The third-order valence-corrected chi connectivity index (χ3v) is 4.28. The largest absolute Gasteiger partial charge is 0.366 e. The first-order valence-corrected chi connectivity index (χ1v) is 8.27. The van der Waals surface area contributed by atoms with Crippen molar-refractivity contribution in [2.75, 3.05) is 38.1 Å². The summed E-state index contributed by atoms with van der Waals surface area (Å²) in [5.41, 5.74) is 1.11. The Labute approximate surface area is 148 Å². The van der Waals surface area contributed by atoms with Crippen molar-refractivity contribution in [2.45, 2.75) is 25.4 Å². The Morgan fingerprint density at radius 2 is 1.92 bits per heavy atom. The van der Waals surface area contributed by atoms with Gasteiger partial charge in [0.05, 0.1) is 17.9 Å². The van der Waals surface area contributed by atoms with E-state index in [2.05, 4.69) is 10.6 Å². The predicted octanol–water partition coefficient (Wildman–Crippen LogP) is 1.66. The van der Waals surface area contributed by atoms with Crippen LogP contribution >= 0.6 is 12.4 Å². The van der Waals surface area contributed by atoms with E-state index < -0.39 is 6.10 Å². The Bertz CT molecular complexity index is 570. The van der Waals surface area contributed by atoms with Crippen molar-refractivity contribution < 1.29 is 14.3 Å². The molecule has 3 rings (SSSR count). The number of halogens is 1. The normalized spacial score (nSPS) is 20.8. The number of carbonyl (C=O) groups excluding carboxylic acids is 2. The van der Waals surface area contributed by atoms with Gasteiger partial charge in [-0.15, -0.1) is 12.4 Å². The fraction of sp³-hybridized carbons (Fsp3) is 0.529. The van der Waals surface area contributed by atoms with Gasteiger partial charge in [0.2, 0.25) is 0 Å². The van der Waals surface area contributed by atoms with Crippen LogP contribution in [0.5, 0.6) is 0 Å². The molecule has 1 unspecified atom stereocenters. The maximum Gasteiger partial charge on any atom is 0.255 e. The Morgan fingerprint density at radius 1 is 1.17 bits per heavy atom. The zero-order valence-corrected chi connectivity index (χ0v) is 14.4. The zero-order valence-electron chi connectivity index (χ0n) is 13.6. The van der Waals surface area contributed by atoms with E-state index in [1.807, 2.05) is 17.0 Å². The van der Waals surface area contributed by atoms with Crippen molar-refractivity contribution >= 4 is 29.9 Å². The molecular formula is C17H24ClN3O3. The van der Waals surface area contributed by atoms with E-state index in [1.165, 1.54) is 6.42 Å². The highest BCUT2D eigenvalue weighted by atomic mass is 35.5. The molecule has 0 spiro atoms. The lowest BCUT2D eigenvalue weighted by molar-refractivity contribution is -0.128. The molecule has 2 saturated heterocycles. The van der Waals surface area contributed by atoms with Gasteiger partial charge in [-0.1, -0.05) is 12.1 Å². The number of piperidine rings is 1. The molecule has 2 amide bonds. The summed E-state index contributed by atoms with van der Waals surface area (Å²) in [6.45, 7) is 3.35. The highest BCUT2D eigenvalue weighted by Crippen LogP contribution is 2.20. The van der Waals surface area contributed by atoms with E-state index in [1.54, 1.807) is 12.1 Å². The van der Waals surface area contributed by atoms with Crippen LogP contribution in [-0.4, -0.2) is 55.6 Å². The Balaban J connectivity index is 0.00000208. The fourth-order valence-electron chi connectivity index (χ4n) is 2.99. The lowest BCUT2D eigenvalue weighted by Gasteiger charge is -2.28. The molecule has 6 nitrogen and oxygen atoms in total. The van der Waals surface area contributed by atoms with Gasteiger partial charge in [-0.3, -0.25) is 9.59 Å². The first-order valence-electron chi connectivity index (χ1n) is 8.27. The standard InChI is InChI=1S/C17H23N3O3.ClH/c21-16(15-12-18-8-11-23-15)19-14-7-3-2-6-13(14)17(22)20-9-4-1-5-10-20;/h2-3,6-7,15,18H,1,4-5,8-12H2,(H,19,21);1H. The Kier molecular flexibility index (Phi) is 7.02. The first-order chi connectivity index (χ1) is 11.3. The number of para-hydroxylation sites is 1. The van der Waals surface area contributed by atoms with Crippen LogP contribution in [0.15, 0.2) is 24.3 Å². The quantitative estimate of drug-likeness (QED) is 0.867. The average Bonchev–Trinajstić information content (AvgIpc) is 2.63. The minimum Gasteiger partial charge on any atom is -0.366 e. The molecule has 1 aromatic rings. The van der Waals surface area contributed by atoms with Gasteiger partial charge in [0.15, 0.2) is 0 Å². The van der Waals surface area contributed by atoms with Crippen molar-refractivity contribution in [3.63, 3.8) is 0 Å². The second-order valence-corrected chi connectivity index (χ2v) is 5.95. The zero-order chi connectivity index (χ0) is 16.1. The summed E-state index contributed by atoms with van der Waals surface area (Å²) in [5, 5.41) is 5.98. The summed E-state index contributed by atoms with van der Waals surface area (Å²) in [6, 6.07) is 7.19. The SMILES string of the molecule is Cl.O=C(Nc1ccccc1C(=O)N1CCCCC1)C1CNCCO1. The molecule has 2 aliphatic rings. The number of hydrogen-bond donors (Lipinski definition) is 2. The molecule has 2 fully saturated rings. The second-order valence-electron chi connectivity index (χ2n) is 5.95. The summed E-state index contributed by atoms with van der Waals surface area (Å²) in [5.74, 6) is -0.223. The van der Waals surface area contributed by atoms with E-state index >= 15 is 0 Å². The fourth-order valence-corrected chi connectivity index (χ4v) is 2.99. The van der Waals surface area contributed by atoms with E-state index in [-0.39, 0.29) is 24.2 Å². The molecule has 0 aromatic heterocycles. The molecule has 2 N–H and O–H groups in total. The van der Waals surface area contributed by atoms with Crippen LogP contribution in [0.2, 0.25) is 0 Å². The lowest BCUT2D eigenvalue weighted by Crippen LogP contribution is -2.45. The molecule has 0 aliphatic carbocycles. The smallest absolute Gasteiger partial charge is 0.255 e. The summed E-state index contributed by atoms with van der Waals surface area (Å²) < 4.78 is 5.46. The van der Waals surface area contributed by atoms with Crippen LogP contribution in [0.4, 0.5) is 5.69 Å². The maximum atomic E-state index is 12.7. The molecule has 2 heterocycles. The Hall–Kier alpha value is -1.63. The average molecular weight is 354 g/mol. The van der Waals surface area contributed by atoms with Crippen LogP contribution in [-0.2, 0) is 9.53 Å². The monoisotopic (exact) mass is 353 g/mol. The number of likely N-dealkylation sites (tertiary alicyclic amines) is 1. The van der Waals surface area contributed by atoms with Gasteiger partial charge >= 0.3 is 0 Å². The summed E-state index contributed by atoms with van der Waals surface area (Å²) in [7, 11) is 0. The van der Waals surface area contributed by atoms with Crippen molar-refractivity contribution in [3.05, 3.63) is 29.8 Å². The van der Waals surface area contributed by atoms with Crippen molar-refractivity contribution in [1.82, 2.24) is 10.2 Å². The number of ether oxygens (including phenoxy) is 1. The first kappa shape index (κ1) is 18.7. The topological polar surface area (TPSA) is 70.7 Å². The molecule has 24 heavy (non-hydrogen) atoms. The molecule has 0 bridgehead atoms. The van der Waals surface area contributed by atoms with Gasteiger partial charge < -0.3 is 20.3 Å². The van der Waals surface area contributed by atoms with E-state index in [0.717, 1.165) is 32.5 Å². The maximum absolute atomic E-state index is 12.7. The number of carbonyl (C=O) groups is 2. The minimum atomic E-state index is -0.512. The predicted molar refractivity (Wildman–Crippen MR) is 94.7 cm³/mol. The molecule has 0 saturated carbocycles. The van der Waals surface area contributed by atoms with Gasteiger partial charge in [0.25, 0.3) is 11.8 Å². The number of amides is 2. The van der Waals surface area contributed by atoms with Gasteiger partial charge in [0.1, 0.15) is 6.10 Å². The molecule has 2 aliphatic heterocycles. The van der Waals surface area contributed by atoms with Crippen LogP contribution in [0, 0.1) is 0 Å². The lowest BCUT2D eigenvalue weighted by atomic mass is 10.1. The molecule has 0 radical (unpaired) electrons. The molecule has 1 atom stereocenters. The molecular weight excluding hydrogens is 330 g/mol. The van der Waals surface area contributed by atoms with Crippen molar-refractivity contribution in [1.29, 1.82) is 0 Å². The third kappa shape index (κ3) is 4.47. The Morgan fingerprint density at radius 3 is 2.62 bits per heavy atom. The third-order valence-electron chi connectivity index (χ3n) is 4.28. The molecule has 1 aromatic carbocycles. The number of hydrogen-bond acceptors (Lipinski definition) is 4. The number of nitrogens with zero attached hydrogens (tertiary/aromatic N) is 1. The number of rotatable bonds is 3. The second kappa shape index (κ2) is 9.01. The minimum absolute atomic E-state index is 0. The highest BCUT2D eigenvalue weighted by Gasteiger charge is 2.25. The van der Waals surface area contributed by atoms with Gasteiger partial charge in [-0.25, -0.2) is 0 Å². The number of morpholine rings is 1. The summed E-state index contributed by atoms with van der Waals surface area (Å²) in [6.07, 6.45) is 2.75. The van der Waals surface area contributed by atoms with Crippen LogP contribution < -0.4 is 10.6 Å². The van der Waals surface area contributed by atoms with Crippen LogP contribution in [0.25, 0.3) is 0 Å². The van der Waals surface area contributed by atoms with Crippen molar-refractivity contribution in [3.8, 4) is 0 Å². The van der Waals surface area contributed by atoms with E-state index in [4.69, 9.17) is 4.74 Å². The van der Waals surface area contributed by atoms with Crippen molar-refractivity contribution in [2.24, 2.45) is 0 Å². The van der Waals surface area contributed by atoms with Crippen LogP contribution in [0.1, 0.15) is 29.6 Å². The molecule has 7 heteroatoms. The van der Waals surface area contributed by atoms with Gasteiger partial charge in [-0.05, 0) is 31.4 Å². The van der Waals surface area contributed by atoms with Gasteiger partial charge in [0, 0.05) is 26.2 Å². The van der Waals surface area contributed by atoms with Gasteiger partial charge in [-0.2, -0.15) is 0 Å². The summed E-state index contributed by atoms with van der Waals surface area (Å²) >= 11 is 0. The number of nitrogens with one attached hydrogen (secondary N) is 2. The summed E-state index contributed by atoms with van der Waals surface area (Å²) in [4.78, 5) is 26.9. The highest BCUT2D eigenvalue weighted by molar-refractivity contribution is 6.04. The number of benzene rings is 1.